The van der Waals surface area contributed by atoms with Gasteiger partial charge >= 0.3 is 0 Å². The standard InChI is InChI=1S/C30H29F2N3O5S/c1-6-30(2,28(36)33-18-9-7-17(31)8-10-18)29(37)34-19-11-12-23(21(32)13-19)40-24-16-27(41-5)35-22-15-26(39-4)25(38-3)14-20(22)24/h7-16H,6H2,1-5H3,(H,33,36)(H,34,37). The second-order valence-electron chi connectivity index (χ2n) is 9.24. The fraction of sp³-hybridized carbons (Fsp3) is 0.233. The Hall–Kier alpha value is -4.38. The fourth-order valence-electron chi connectivity index (χ4n) is 3.96. The highest BCUT2D eigenvalue weighted by Gasteiger charge is 2.39. The molecule has 4 rings (SSSR count). The molecule has 0 aliphatic heterocycles. The monoisotopic (exact) mass is 581 g/mol. The number of nitrogens with zero attached hydrogens (tertiary/aromatic N) is 1. The molecule has 1 aromatic heterocycles. The van der Waals surface area contributed by atoms with E-state index in [1.165, 1.54) is 69.3 Å². The summed E-state index contributed by atoms with van der Waals surface area (Å²) >= 11 is 1.40. The Labute approximate surface area is 240 Å². The highest BCUT2D eigenvalue weighted by Crippen LogP contribution is 2.39. The second-order valence-corrected chi connectivity index (χ2v) is 10.1. The summed E-state index contributed by atoms with van der Waals surface area (Å²) in [5.74, 6) is -1.15. The lowest BCUT2D eigenvalue weighted by Crippen LogP contribution is -2.43. The molecule has 0 aliphatic rings. The summed E-state index contributed by atoms with van der Waals surface area (Å²) in [5, 5.41) is 6.49. The predicted octanol–water partition coefficient (Wildman–Crippen LogP) is 7.04. The van der Waals surface area contributed by atoms with E-state index in [-0.39, 0.29) is 17.9 Å². The molecule has 8 nitrogen and oxygen atoms in total. The Balaban J connectivity index is 1.56. The maximum Gasteiger partial charge on any atom is 0.239 e. The number of carbonyl (C=O) groups excluding carboxylic acids is 2. The molecule has 0 radical (unpaired) electrons. The highest BCUT2D eigenvalue weighted by molar-refractivity contribution is 7.98. The van der Waals surface area contributed by atoms with Gasteiger partial charge in [0, 0.05) is 35.0 Å². The molecule has 41 heavy (non-hydrogen) atoms. The summed E-state index contributed by atoms with van der Waals surface area (Å²) in [6.45, 7) is 3.17. The lowest BCUT2D eigenvalue weighted by molar-refractivity contribution is -0.136. The van der Waals surface area contributed by atoms with Crippen molar-refractivity contribution in [1.29, 1.82) is 0 Å². The first-order chi connectivity index (χ1) is 19.6. The number of nitrogens with one attached hydrogen (secondary N) is 2. The Bertz CT molecular complexity index is 1600. The zero-order valence-electron chi connectivity index (χ0n) is 23.1. The zero-order valence-corrected chi connectivity index (χ0v) is 23.9. The molecule has 0 saturated heterocycles. The number of rotatable bonds is 10. The minimum atomic E-state index is -1.48. The third-order valence-electron chi connectivity index (χ3n) is 6.68. The first kappa shape index (κ1) is 29.6. The molecule has 0 aliphatic carbocycles. The molecule has 4 aromatic rings. The van der Waals surface area contributed by atoms with Gasteiger partial charge in [0.2, 0.25) is 11.8 Å². The van der Waals surface area contributed by atoms with Gasteiger partial charge in [0.05, 0.1) is 19.7 Å². The van der Waals surface area contributed by atoms with Gasteiger partial charge in [-0.05, 0) is 62.1 Å². The quantitative estimate of drug-likeness (QED) is 0.153. The Kier molecular flexibility index (Phi) is 8.97. The summed E-state index contributed by atoms with van der Waals surface area (Å²) in [5.41, 5.74) is -0.415. The Morgan fingerprint density at radius 1 is 0.854 bits per heavy atom. The molecule has 0 spiro atoms. The highest BCUT2D eigenvalue weighted by atomic mass is 32.2. The van der Waals surface area contributed by atoms with Crippen LogP contribution in [-0.2, 0) is 9.59 Å². The van der Waals surface area contributed by atoms with E-state index in [4.69, 9.17) is 14.2 Å². The normalized spacial score (nSPS) is 12.4. The van der Waals surface area contributed by atoms with Crippen LogP contribution in [-0.4, -0.2) is 37.3 Å². The molecule has 3 aromatic carbocycles. The van der Waals surface area contributed by atoms with Gasteiger partial charge in [-0.15, -0.1) is 11.8 Å². The number of ether oxygens (including phenoxy) is 3. The van der Waals surface area contributed by atoms with Crippen molar-refractivity contribution in [2.45, 2.75) is 25.3 Å². The van der Waals surface area contributed by atoms with Crippen LogP contribution in [0, 0.1) is 17.0 Å². The maximum absolute atomic E-state index is 15.2. The van der Waals surface area contributed by atoms with Gasteiger partial charge in [-0.2, -0.15) is 0 Å². The van der Waals surface area contributed by atoms with Crippen LogP contribution in [0.15, 0.2) is 65.7 Å². The first-order valence-corrected chi connectivity index (χ1v) is 13.8. The van der Waals surface area contributed by atoms with Crippen LogP contribution in [0.4, 0.5) is 20.2 Å². The molecule has 2 amide bonds. The SMILES string of the molecule is CCC(C)(C(=O)Nc1ccc(F)cc1)C(=O)Nc1ccc(Oc2cc(SC)nc3cc(OC)c(OC)cc23)c(F)c1. The van der Waals surface area contributed by atoms with Crippen LogP contribution in [0.1, 0.15) is 20.3 Å². The minimum absolute atomic E-state index is 0.0790. The van der Waals surface area contributed by atoms with Gasteiger partial charge in [0.1, 0.15) is 22.0 Å². The van der Waals surface area contributed by atoms with Crippen LogP contribution in [0.3, 0.4) is 0 Å². The van der Waals surface area contributed by atoms with Crippen LogP contribution < -0.4 is 24.8 Å². The van der Waals surface area contributed by atoms with E-state index < -0.39 is 28.9 Å². The number of methoxy groups -OCH3 is 2. The lowest BCUT2D eigenvalue weighted by Gasteiger charge is -2.26. The largest absolute Gasteiger partial charge is 0.493 e. The number of hydrogen-bond donors (Lipinski definition) is 2. The van der Waals surface area contributed by atoms with E-state index in [1.54, 1.807) is 25.1 Å². The van der Waals surface area contributed by atoms with E-state index >= 15 is 4.39 Å². The first-order valence-electron chi connectivity index (χ1n) is 12.6. The summed E-state index contributed by atoms with van der Waals surface area (Å²) in [6.07, 6.45) is 2.03. The number of aromatic nitrogens is 1. The molecule has 0 bridgehead atoms. The van der Waals surface area contributed by atoms with Gasteiger partial charge < -0.3 is 24.8 Å². The van der Waals surface area contributed by atoms with Crippen molar-refractivity contribution in [1.82, 2.24) is 4.98 Å². The molecule has 0 fully saturated rings. The molecule has 11 heteroatoms. The van der Waals surface area contributed by atoms with Crippen molar-refractivity contribution in [2.75, 3.05) is 31.1 Å². The number of halogens is 2. The number of fused-ring (bicyclic) bond motifs is 1. The van der Waals surface area contributed by atoms with E-state index in [9.17, 15) is 14.0 Å². The summed E-state index contributed by atoms with van der Waals surface area (Å²) in [7, 11) is 3.03. The molecular formula is C30H29F2N3O5S. The van der Waals surface area contributed by atoms with Crippen molar-refractivity contribution >= 4 is 45.9 Å². The summed E-state index contributed by atoms with van der Waals surface area (Å²) in [6, 6.07) is 14.3. The third-order valence-corrected chi connectivity index (χ3v) is 7.31. The summed E-state index contributed by atoms with van der Waals surface area (Å²) in [4.78, 5) is 30.7. The van der Waals surface area contributed by atoms with Gasteiger partial charge in [0.15, 0.2) is 23.1 Å². The van der Waals surface area contributed by atoms with Crippen LogP contribution in [0.25, 0.3) is 10.9 Å². The van der Waals surface area contributed by atoms with E-state index in [1.807, 2.05) is 6.26 Å². The van der Waals surface area contributed by atoms with Gasteiger partial charge in [-0.1, -0.05) is 6.92 Å². The number of carbonyl (C=O) groups is 2. The maximum atomic E-state index is 15.2. The second kappa shape index (κ2) is 12.4. The number of amides is 2. The molecule has 2 N–H and O–H groups in total. The molecular weight excluding hydrogens is 552 g/mol. The van der Waals surface area contributed by atoms with Crippen molar-refractivity contribution in [3.05, 3.63) is 72.3 Å². The summed E-state index contributed by atoms with van der Waals surface area (Å²) < 4.78 is 45.2. The number of hydrogen-bond acceptors (Lipinski definition) is 7. The molecule has 1 heterocycles. The van der Waals surface area contributed by atoms with Crippen LogP contribution >= 0.6 is 11.8 Å². The Morgan fingerprint density at radius 2 is 1.46 bits per heavy atom. The van der Waals surface area contributed by atoms with Gasteiger partial charge in [-0.25, -0.2) is 13.8 Å². The van der Waals surface area contributed by atoms with E-state index in [0.29, 0.717) is 38.9 Å². The number of benzene rings is 3. The molecule has 214 valence electrons. The molecule has 0 saturated carbocycles. The average molecular weight is 582 g/mol. The van der Waals surface area contributed by atoms with Crippen LogP contribution in [0.5, 0.6) is 23.0 Å². The van der Waals surface area contributed by atoms with Crippen molar-refractivity contribution in [3.8, 4) is 23.0 Å². The van der Waals surface area contributed by atoms with E-state index in [2.05, 4.69) is 15.6 Å². The van der Waals surface area contributed by atoms with Gasteiger partial charge in [-0.3, -0.25) is 9.59 Å². The molecule has 1 unspecified atom stereocenters. The third kappa shape index (κ3) is 6.35. The lowest BCUT2D eigenvalue weighted by atomic mass is 9.85. The minimum Gasteiger partial charge on any atom is -0.493 e. The zero-order chi connectivity index (χ0) is 29.7. The number of pyridine rings is 1. The number of anilines is 2. The van der Waals surface area contributed by atoms with E-state index in [0.717, 1.165) is 6.07 Å². The van der Waals surface area contributed by atoms with Crippen molar-refractivity contribution in [2.24, 2.45) is 5.41 Å². The van der Waals surface area contributed by atoms with Crippen molar-refractivity contribution < 1.29 is 32.6 Å². The smallest absolute Gasteiger partial charge is 0.239 e. The fourth-order valence-corrected chi connectivity index (χ4v) is 4.38. The average Bonchev–Trinajstić information content (AvgIpc) is 2.98. The number of thioether (sulfide) groups is 1. The predicted molar refractivity (Wildman–Crippen MR) is 155 cm³/mol. The van der Waals surface area contributed by atoms with Crippen LogP contribution in [0.2, 0.25) is 0 Å². The topological polar surface area (TPSA) is 98.8 Å². The van der Waals surface area contributed by atoms with Gasteiger partial charge in [0.25, 0.3) is 0 Å². The molecule has 1 atom stereocenters. The van der Waals surface area contributed by atoms with Crippen molar-refractivity contribution in [3.63, 3.8) is 0 Å². The Morgan fingerprint density at radius 3 is 2.05 bits per heavy atom.